The maximum atomic E-state index is 11.2. The van der Waals surface area contributed by atoms with Crippen molar-refractivity contribution in [3.05, 3.63) is 28.3 Å². The predicted octanol–water partition coefficient (Wildman–Crippen LogP) is 1.54. The molecule has 0 atom stereocenters. The molecule has 0 heterocycles. The number of nitrogens with one attached hydrogen (secondary N) is 1. The van der Waals surface area contributed by atoms with Crippen LogP contribution in [0, 0.1) is 10.1 Å². The smallest absolute Gasteiger partial charge is 0.333 e. The minimum atomic E-state index is -1.05. The van der Waals surface area contributed by atoms with Crippen molar-refractivity contribution in [1.82, 2.24) is 0 Å². The van der Waals surface area contributed by atoms with E-state index < -0.39 is 10.5 Å². The van der Waals surface area contributed by atoms with E-state index in [1.54, 1.807) is 13.0 Å². The molecule has 0 radical (unpaired) electrons. The lowest BCUT2D eigenvalue weighted by atomic mass is 10.0. The van der Waals surface area contributed by atoms with Crippen LogP contribution in [0.5, 0.6) is 5.75 Å². The average molecular weight is 284 g/mol. The van der Waals surface area contributed by atoms with E-state index in [2.05, 4.69) is 5.32 Å². The molecule has 7 nitrogen and oxygen atoms in total. The van der Waals surface area contributed by atoms with Crippen LogP contribution in [0.3, 0.4) is 0 Å². The van der Waals surface area contributed by atoms with Crippen LogP contribution >= 0.6 is 0 Å². The van der Waals surface area contributed by atoms with Crippen LogP contribution in [0.1, 0.15) is 20.3 Å². The summed E-state index contributed by atoms with van der Waals surface area (Å²) in [6.45, 7) is 3.13. The number of para-hydroxylation sites is 1. The van der Waals surface area contributed by atoms with Gasteiger partial charge in [0.2, 0.25) is 0 Å². The maximum absolute atomic E-state index is 11.2. The van der Waals surface area contributed by atoms with E-state index >= 15 is 0 Å². The number of benzene rings is 1. The second kappa shape index (κ2) is 7.06. The SMILES string of the molecule is CCCOc1cccc(NC(C)(CO)CO)c1[N+](=O)[O-]. The topological polar surface area (TPSA) is 105 Å². The Hall–Kier alpha value is -1.86. The molecular formula is C13H20N2O5. The van der Waals surface area contributed by atoms with Gasteiger partial charge in [0.15, 0.2) is 5.75 Å². The molecule has 1 aromatic carbocycles. The third-order valence-electron chi connectivity index (χ3n) is 2.78. The number of nitrogens with zero attached hydrogens (tertiary/aromatic N) is 1. The average Bonchev–Trinajstić information content (AvgIpc) is 2.44. The molecule has 0 bridgehead atoms. The van der Waals surface area contributed by atoms with Crippen LogP contribution < -0.4 is 10.1 Å². The summed E-state index contributed by atoms with van der Waals surface area (Å²) >= 11 is 0. The summed E-state index contributed by atoms with van der Waals surface area (Å²) in [5, 5.41) is 32.6. The molecule has 0 fully saturated rings. The van der Waals surface area contributed by atoms with Crippen molar-refractivity contribution >= 4 is 11.4 Å². The number of aliphatic hydroxyl groups is 2. The van der Waals surface area contributed by atoms with Gasteiger partial charge in [-0.1, -0.05) is 13.0 Å². The number of anilines is 1. The molecule has 0 unspecified atom stereocenters. The normalized spacial score (nSPS) is 11.2. The van der Waals surface area contributed by atoms with Crippen LogP contribution in [0.2, 0.25) is 0 Å². The highest BCUT2D eigenvalue weighted by atomic mass is 16.6. The first-order valence-corrected chi connectivity index (χ1v) is 6.37. The van der Waals surface area contributed by atoms with E-state index in [1.807, 2.05) is 6.92 Å². The number of hydrogen-bond acceptors (Lipinski definition) is 6. The van der Waals surface area contributed by atoms with E-state index in [0.717, 1.165) is 6.42 Å². The monoisotopic (exact) mass is 284 g/mol. The Labute approximate surface area is 117 Å². The fourth-order valence-electron chi connectivity index (χ4n) is 1.59. The molecule has 112 valence electrons. The molecule has 3 N–H and O–H groups in total. The zero-order valence-electron chi connectivity index (χ0n) is 11.6. The second-order valence-corrected chi connectivity index (χ2v) is 4.76. The fraction of sp³-hybridized carbons (Fsp3) is 0.538. The molecule has 1 rings (SSSR count). The van der Waals surface area contributed by atoms with Crippen LogP contribution in [0.25, 0.3) is 0 Å². The highest BCUT2D eigenvalue weighted by Crippen LogP contribution is 2.36. The van der Waals surface area contributed by atoms with Gasteiger partial charge in [-0.2, -0.15) is 0 Å². The van der Waals surface area contributed by atoms with Crippen molar-refractivity contribution < 1.29 is 19.9 Å². The first-order valence-electron chi connectivity index (χ1n) is 6.37. The van der Waals surface area contributed by atoms with Crippen molar-refractivity contribution in [2.24, 2.45) is 0 Å². The number of hydrogen-bond donors (Lipinski definition) is 3. The molecule has 0 aliphatic heterocycles. The summed E-state index contributed by atoms with van der Waals surface area (Å²) in [6.07, 6.45) is 0.736. The van der Waals surface area contributed by atoms with Gasteiger partial charge in [0, 0.05) is 0 Å². The summed E-state index contributed by atoms with van der Waals surface area (Å²) in [6, 6.07) is 4.66. The van der Waals surface area contributed by atoms with Gasteiger partial charge in [-0.3, -0.25) is 10.1 Å². The lowest BCUT2D eigenvalue weighted by Crippen LogP contribution is -2.42. The highest BCUT2D eigenvalue weighted by Gasteiger charge is 2.28. The lowest BCUT2D eigenvalue weighted by Gasteiger charge is -2.27. The largest absolute Gasteiger partial charge is 0.487 e. The molecule has 0 aliphatic rings. The van der Waals surface area contributed by atoms with Gasteiger partial charge in [0.1, 0.15) is 5.69 Å². The van der Waals surface area contributed by atoms with Gasteiger partial charge in [-0.15, -0.1) is 0 Å². The van der Waals surface area contributed by atoms with Crippen molar-refractivity contribution in [3.63, 3.8) is 0 Å². The van der Waals surface area contributed by atoms with Gasteiger partial charge in [-0.25, -0.2) is 0 Å². The van der Waals surface area contributed by atoms with Crippen LogP contribution in [0.15, 0.2) is 18.2 Å². The van der Waals surface area contributed by atoms with Crippen molar-refractivity contribution in [2.45, 2.75) is 25.8 Å². The summed E-state index contributed by atoms with van der Waals surface area (Å²) in [4.78, 5) is 10.7. The van der Waals surface area contributed by atoms with Crippen molar-refractivity contribution in [2.75, 3.05) is 25.1 Å². The fourth-order valence-corrected chi connectivity index (χ4v) is 1.59. The minimum absolute atomic E-state index is 0.167. The molecule has 0 saturated carbocycles. The standard InChI is InChI=1S/C13H20N2O5/c1-3-7-20-11-6-4-5-10(12(11)15(18)19)14-13(2,8-16)9-17/h4-6,14,16-17H,3,7-9H2,1-2H3. The molecule has 20 heavy (non-hydrogen) atoms. The molecule has 0 aliphatic carbocycles. The Balaban J connectivity index is 3.15. The van der Waals surface area contributed by atoms with Crippen LogP contribution in [-0.4, -0.2) is 40.5 Å². The van der Waals surface area contributed by atoms with E-state index in [4.69, 9.17) is 4.74 Å². The Morgan fingerprint density at radius 3 is 2.55 bits per heavy atom. The van der Waals surface area contributed by atoms with Crippen LogP contribution in [0.4, 0.5) is 11.4 Å². The summed E-state index contributed by atoms with van der Waals surface area (Å²) in [7, 11) is 0. The summed E-state index contributed by atoms with van der Waals surface area (Å²) in [5.41, 5.74) is -1.04. The van der Waals surface area contributed by atoms with Gasteiger partial charge < -0.3 is 20.3 Å². The third-order valence-corrected chi connectivity index (χ3v) is 2.78. The predicted molar refractivity (Wildman–Crippen MR) is 75.1 cm³/mol. The van der Waals surface area contributed by atoms with E-state index in [-0.39, 0.29) is 30.3 Å². The Kier molecular flexibility index (Phi) is 5.72. The molecule has 0 spiro atoms. The van der Waals surface area contributed by atoms with Crippen molar-refractivity contribution in [1.29, 1.82) is 0 Å². The van der Waals surface area contributed by atoms with Gasteiger partial charge in [0.25, 0.3) is 0 Å². The Bertz CT molecular complexity index is 460. The molecular weight excluding hydrogens is 264 g/mol. The summed E-state index contributed by atoms with van der Waals surface area (Å²) < 4.78 is 5.36. The Morgan fingerprint density at radius 2 is 2.05 bits per heavy atom. The number of rotatable bonds is 8. The van der Waals surface area contributed by atoms with Gasteiger partial charge in [-0.05, 0) is 25.5 Å². The third kappa shape index (κ3) is 3.82. The highest BCUT2D eigenvalue weighted by molar-refractivity contribution is 5.69. The lowest BCUT2D eigenvalue weighted by molar-refractivity contribution is -0.385. The first kappa shape index (κ1) is 16.2. The van der Waals surface area contributed by atoms with Crippen LogP contribution in [-0.2, 0) is 0 Å². The first-order chi connectivity index (χ1) is 9.47. The van der Waals surface area contributed by atoms with Gasteiger partial charge in [0.05, 0.1) is 30.3 Å². The molecule has 0 amide bonds. The zero-order chi connectivity index (χ0) is 15.2. The second-order valence-electron chi connectivity index (χ2n) is 4.76. The van der Waals surface area contributed by atoms with Crippen molar-refractivity contribution in [3.8, 4) is 5.75 Å². The Morgan fingerprint density at radius 1 is 1.40 bits per heavy atom. The van der Waals surface area contributed by atoms with E-state index in [9.17, 15) is 20.3 Å². The number of aliphatic hydroxyl groups excluding tert-OH is 2. The number of nitro groups is 1. The van der Waals surface area contributed by atoms with E-state index in [1.165, 1.54) is 12.1 Å². The van der Waals surface area contributed by atoms with E-state index in [0.29, 0.717) is 6.61 Å². The van der Waals surface area contributed by atoms with Gasteiger partial charge >= 0.3 is 5.69 Å². The quantitative estimate of drug-likeness (QED) is 0.494. The zero-order valence-corrected chi connectivity index (χ0v) is 11.6. The minimum Gasteiger partial charge on any atom is -0.487 e. The summed E-state index contributed by atoms with van der Waals surface area (Å²) in [5.74, 6) is 0.167. The molecule has 7 heteroatoms. The molecule has 1 aromatic rings. The number of nitro benzene ring substituents is 1. The molecule has 0 saturated heterocycles. The molecule has 0 aromatic heterocycles. The maximum Gasteiger partial charge on any atom is 0.333 e. The number of ether oxygens (including phenoxy) is 1.